The van der Waals surface area contributed by atoms with Crippen LogP contribution in [0.5, 0.6) is 0 Å². The maximum absolute atomic E-state index is 10.8. The summed E-state index contributed by atoms with van der Waals surface area (Å²) in [6, 6.07) is -1.74. The molecule has 0 aliphatic carbocycles. The minimum absolute atomic E-state index is 0.895. The molecule has 0 radical (unpaired) electrons. The number of carboxylic acid groups (broad SMARTS) is 2. The number of aliphatic carboxylic acids is 2. The van der Waals surface area contributed by atoms with Crippen LogP contribution in [-0.4, -0.2) is 57.7 Å². The van der Waals surface area contributed by atoms with E-state index in [1.807, 2.05) is 5.32 Å². The van der Waals surface area contributed by atoms with Gasteiger partial charge in [-0.3, -0.25) is 19.5 Å². The van der Waals surface area contributed by atoms with Crippen LogP contribution in [0.3, 0.4) is 0 Å². The molecule has 0 aliphatic rings. The van der Waals surface area contributed by atoms with E-state index in [0.717, 1.165) is 6.92 Å². The SMILES string of the molecule is CC(O)C(N[C@@H](CC(=O)O)C(=O)O)S(=O)(=O)O. The van der Waals surface area contributed by atoms with Crippen LogP contribution >= 0.6 is 0 Å². The average molecular weight is 271 g/mol. The first-order valence-corrected chi connectivity index (χ1v) is 5.91. The average Bonchev–Trinajstić information content (AvgIpc) is 2.07. The Morgan fingerprint density at radius 3 is 2.00 bits per heavy atom. The van der Waals surface area contributed by atoms with E-state index < -0.39 is 46.0 Å². The lowest BCUT2D eigenvalue weighted by molar-refractivity contribution is -0.146. The van der Waals surface area contributed by atoms with Crippen molar-refractivity contribution in [1.29, 1.82) is 0 Å². The van der Waals surface area contributed by atoms with Crippen LogP contribution < -0.4 is 5.32 Å². The highest BCUT2D eigenvalue weighted by Crippen LogP contribution is 2.05. The van der Waals surface area contributed by atoms with Gasteiger partial charge in [0.2, 0.25) is 0 Å². The van der Waals surface area contributed by atoms with Crippen LogP contribution in [-0.2, 0) is 19.7 Å². The highest BCUT2D eigenvalue weighted by molar-refractivity contribution is 7.86. The zero-order valence-electron chi connectivity index (χ0n) is 8.77. The van der Waals surface area contributed by atoms with Crippen molar-refractivity contribution in [1.82, 2.24) is 5.32 Å². The third kappa shape index (κ3) is 5.58. The van der Waals surface area contributed by atoms with E-state index in [2.05, 4.69) is 0 Å². The van der Waals surface area contributed by atoms with Crippen LogP contribution in [0, 0.1) is 0 Å². The number of carbonyl (C=O) groups is 2. The van der Waals surface area contributed by atoms with E-state index in [0.29, 0.717) is 0 Å². The summed E-state index contributed by atoms with van der Waals surface area (Å²) in [7, 11) is -4.75. The van der Waals surface area contributed by atoms with Gasteiger partial charge in [0.15, 0.2) is 5.37 Å². The van der Waals surface area contributed by atoms with Crippen molar-refractivity contribution in [3.05, 3.63) is 0 Å². The molecule has 0 heterocycles. The molecule has 0 spiro atoms. The van der Waals surface area contributed by atoms with Gasteiger partial charge >= 0.3 is 11.9 Å². The smallest absolute Gasteiger partial charge is 0.321 e. The first-order chi connectivity index (χ1) is 7.55. The van der Waals surface area contributed by atoms with Gasteiger partial charge in [-0.2, -0.15) is 8.42 Å². The summed E-state index contributed by atoms with van der Waals surface area (Å²) in [5, 5.41) is 26.0. The lowest BCUT2D eigenvalue weighted by Gasteiger charge is -2.22. The van der Waals surface area contributed by atoms with Gasteiger partial charge in [-0.25, -0.2) is 0 Å². The Balaban J connectivity index is 4.94. The quantitative estimate of drug-likeness (QED) is 0.333. The maximum atomic E-state index is 10.8. The van der Waals surface area contributed by atoms with Gasteiger partial charge in [0, 0.05) is 0 Å². The van der Waals surface area contributed by atoms with Crippen LogP contribution in [0.25, 0.3) is 0 Å². The summed E-state index contributed by atoms with van der Waals surface area (Å²) < 4.78 is 30.3. The number of hydrogen-bond donors (Lipinski definition) is 5. The van der Waals surface area contributed by atoms with Crippen molar-refractivity contribution >= 4 is 22.1 Å². The van der Waals surface area contributed by atoms with Gasteiger partial charge in [0.1, 0.15) is 6.04 Å². The number of nitrogens with one attached hydrogen (secondary N) is 1. The van der Waals surface area contributed by atoms with Gasteiger partial charge in [0.05, 0.1) is 12.5 Å². The van der Waals surface area contributed by atoms with Gasteiger partial charge in [-0.1, -0.05) is 0 Å². The molecule has 0 aromatic heterocycles. The molecule has 0 bridgehead atoms. The summed E-state index contributed by atoms with van der Waals surface area (Å²) in [6.07, 6.45) is -2.51. The van der Waals surface area contributed by atoms with Crippen LogP contribution in [0.1, 0.15) is 13.3 Å². The molecule has 0 saturated heterocycles. The van der Waals surface area contributed by atoms with Crippen LogP contribution in [0.4, 0.5) is 0 Å². The Kier molecular flexibility index (Phi) is 5.48. The molecule has 0 aromatic carbocycles. The fraction of sp³-hybridized carbons (Fsp3) is 0.714. The van der Waals surface area contributed by atoms with Crippen molar-refractivity contribution in [2.24, 2.45) is 0 Å². The minimum Gasteiger partial charge on any atom is -0.481 e. The fourth-order valence-electron chi connectivity index (χ4n) is 1.06. The summed E-state index contributed by atoms with van der Waals surface area (Å²) in [5.74, 6) is -3.08. The molecular formula is C7H13NO8S. The zero-order chi connectivity index (χ0) is 13.8. The van der Waals surface area contributed by atoms with Crippen molar-refractivity contribution in [3.63, 3.8) is 0 Å². The Morgan fingerprint density at radius 2 is 1.76 bits per heavy atom. The second-order valence-electron chi connectivity index (χ2n) is 3.33. The monoisotopic (exact) mass is 271 g/mol. The van der Waals surface area contributed by atoms with E-state index in [1.54, 1.807) is 0 Å². The molecule has 3 atom stereocenters. The Bertz CT molecular complexity index is 389. The molecule has 0 aliphatic heterocycles. The van der Waals surface area contributed by atoms with Gasteiger partial charge in [0.25, 0.3) is 10.1 Å². The van der Waals surface area contributed by atoms with Gasteiger partial charge in [-0.15, -0.1) is 0 Å². The van der Waals surface area contributed by atoms with E-state index in [1.165, 1.54) is 0 Å². The summed E-state index contributed by atoms with van der Waals surface area (Å²) >= 11 is 0. The molecule has 2 unspecified atom stereocenters. The molecule has 0 saturated carbocycles. The molecule has 100 valence electrons. The molecule has 9 nitrogen and oxygen atoms in total. The molecule has 17 heavy (non-hydrogen) atoms. The van der Waals surface area contributed by atoms with E-state index in [-0.39, 0.29) is 0 Å². The lowest BCUT2D eigenvalue weighted by Crippen LogP contribution is -2.52. The predicted octanol–water partition coefficient (Wildman–Crippen LogP) is -1.90. The third-order valence-electron chi connectivity index (χ3n) is 1.80. The fourth-order valence-corrected chi connectivity index (χ4v) is 1.90. The number of carboxylic acids is 2. The molecule has 0 rings (SSSR count). The van der Waals surface area contributed by atoms with Crippen molar-refractivity contribution in [2.45, 2.75) is 30.9 Å². The number of rotatable bonds is 7. The molecular weight excluding hydrogens is 258 g/mol. The Labute approximate surface area is 96.8 Å². The number of hydrogen-bond acceptors (Lipinski definition) is 6. The summed E-state index contributed by atoms with van der Waals surface area (Å²) in [5.41, 5.74) is 0. The van der Waals surface area contributed by atoms with Gasteiger partial charge < -0.3 is 15.3 Å². The third-order valence-corrected chi connectivity index (χ3v) is 2.97. The van der Waals surface area contributed by atoms with E-state index in [9.17, 15) is 18.0 Å². The number of aliphatic hydroxyl groups is 1. The standard InChI is InChI=1S/C7H13NO8S/c1-3(9)6(17(14,15)16)8-4(7(12)13)2-5(10)11/h3-4,6,8-9H,2H2,1H3,(H,10,11)(H,12,13)(H,14,15,16)/t3?,4-,6?/m0/s1. The van der Waals surface area contributed by atoms with E-state index in [4.69, 9.17) is 19.9 Å². The Hall–Kier alpha value is -1.23. The van der Waals surface area contributed by atoms with Crippen molar-refractivity contribution in [2.75, 3.05) is 0 Å². The topological polar surface area (TPSA) is 161 Å². The minimum atomic E-state index is -4.75. The summed E-state index contributed by atoms with van der Waals surface area (Å²) in [4.78, 5) is 21.0. The first-order valence-electron chi connectivity index (χ1n) is 4.40. The highest BCUT2D eigenvalue weighted by atomic mass is 32.2. The normalized spacial score (nSPS) is 17.1. The Morgan fingerprint density at radius 1 is 1.29 bits per heavy atom. The second kappa shape index (κ2) is 5.91. The molecule has 0 aromatic rings. The molecule has 0 fully saturated rings. The first kappa shape index (κ1) is 15.8. The lowest BCUT2D eigenvalue weighted by atomic mass is 10.2. The summed E-state index contributed by atoms with van der Waals surface area (Å²) in [6.45, 7) is 1.01. The zero-order valence-corrected chi connectivity index (χ0v) is 9.59. The van der Waals surface area contributed by atoms with Crippen molar-refractivity contribution in [3.8, 4) is 0 Å². The second-order valence-corrected chi connectivity index (χ2v) is 4.87. The molecule has 5 N–H and O–H groups in total. The molecule has 10 heteroatoms. The highest BCUT2D eigenvalue weighted by Gasteiger charge is 2.33. The molecule has 0 amide bonds. The van der Waals surface area contributed by atoms with Crippen LogP contribution in [0.15, 0.2) is 0 Å². The van der Waals surface area contributed by atoms with E-state index >= 15 is 0 Å². The largest absolute Gasteiger partial charge is 0.481 e. The van der Waals surface area contributed by atoms with Crippen molar-refractivity contribution < 1.29 is 37.9 Å². The number of aliphatic hydroxyl groups excluding tert-OH is 1. The predicted molar refractivity (Wildman–Crippen MR) is 53.8 cm³/mol. The van der Waals surface area contributed by atoms with Gasteiger partial charge in [-0.05, 0) is 6.92 Å². The van der Waals surface area contributed by atoms with Crippen LogP contribution in [0.2, 0.25) is 0 Å². The maximum Gasteiger partial charge on any atom is 0.321 e.